The molecule has 1 heterocycles. The number of carbonyl (C=O) groups excluding carboxylic acids is 1. The second-order valence-corrected chi connectivity index (χ2v) is 5.15. The quantitative estimate of drug-likeness (QED) is 0.942. The minimum atomic E-state index is -0.840. The van der Waals surface area contributed by atoms with Gasteiger partial charge in [-0.15, -0.1) is 5.10 Å². The average Bonchev–Trinajstić information content (AvgIpc) is 2.75. The number of halogens is 2. The lowest BCUT2D eigenvalue weighted by atomic mass is 9.96. The second-order valence-electron chi connectivity index (χ2n) is 5.15. The molecule has 21 heavy (non-hydrogen) atoms. The molecule has 0 aliphatic carbocycles. The molecule has 0 fully saturated rings. The molecule has 2 rings (SSSR count). The Morgan fingerprint density at radius 3 is 2.67 bits per heavy atom. The fourth-order valence-corrected chi connectivity index (χ4v) is 2.18. The van der Waals surface area contributed by atoms with Crippen molar-refractivity contribution < 1.29 is 13.6 Å². The molecule has 112 valence electrons. The number of carbonyl (C=O) groups is 1. The van der Waals surface area contributed by atoms with Gasteiger partial charge in [0.25, 0.3) is 5.91 Å². The number of aryl methyl sites for hydroxylation is 1. The van der Waals surface area contributed by atoms with Crippen molar-refractivity contribution in [2.24, 2.45) is 7.05 Å². The van der Waals surface area contributed by atoms with Crippen LogP contribution < -0.4 is 5.32 Å². The SMILES string of the molecule is CC(C)c1cccc(F)c1CNC(=O)c1cn(C)nc1F. The Morgan fingerprint density at radius 1 is 1.38 bits per heavy atom. The van der Waals surface area contributed by atoms with E-state index in [2.05, 4.69) is 10.4 Å². The number of nitrogens with zero attached hydrogens (tertiary/aromatic N) is 2. The summed E-state index contributed by atoms with van der Waals surface area (Å²) < 4.78 is 28.5. The summed E-state index contributed by atoms with van der Waals surface area (Å²) in [7, 11) is 1.52. The number of amides is 1. The van der Waals surface area contributed by atoms with Crippen LogP contribution in [0.3, 0.4) is 0 Å². The van der Waals surface area contributed by atoms with Crippen LogP contribution in [-0.2, 0) is 13.6 Å². The molecular weight excluding hydrogens is 276 g/mol. The molecule has 1 aromatic carbocycles. The van der Waals surface area contributed by atoms with Gasteiger partial charge < -0.3 is 5.32 Å². The van der Waals surface area contributed by atoms with Gasteiger partial charge in [0, 0.05) is 25.4 Å². The lowest BCUT2D eigenvalue weighted by Gasteiger charge is -2.14. The largest absolute Gasteiger partial charge is 0.348 e. The molecule has 6 heteroatoms. The van der Waals surface area contributed by atoms with Crippen LogP contribution in [0.1, 0.15) is 41.3 Å². The summed E-state index contributed by atoms with van der Waals surface area (Å²) >= 11 is 0. The van der Waals surface area contributed by atoms with Crippen LogP contribution in [0.5, 0.6) is 0 Å². The van der Waals surface area contributed by atoms with E-state index in [1.165, 1.54) is 24.0 Å². The van der Waals surface area contributed by atoms with E-state index in [4.69, 9.17) is 0 Å². The summed E-state index contributed by atoms with van der Waals surface area (Å²) in [5.74, 6) is -1.71. The first-order valence-electron chi connectivity index (χ1n) is 6.64. The van der Waals surface area contributed by atoms with Crippen LogP contribution in [0, 0.1) is 11.8 Å². The Bertz CT molecular complexity index is 665. The van der Waals surface area contributed by atoms with Crippen molar-refractivity contribution in [2.75, 3.05) is 0 Å². The monoisotopic (exact) mass is 293 g/mol. The Labute approximate surface area is 121 Å². The molecule has 0 spiro atoms. The fraction of sp³-hybridized carbons (Fsp3) is 0.333. The van der Waals surface area contributed by atoms with Crippen LogP contribution in [0.4, 0.5) is 8.78 Å². The molecule has 0 atom stereocenters. The zero-order valence-corrected chi connectivity index (χ0v) is 12.2. The standard InChI is InChI=1S/C15H17F2N3O/c1-9(2)10-5-4-6-13(16)11(10)7-18-15(21)12-8-20(3)19-14(12)17/h4-6,8-9H,7H2,1-3H3,(H,18,21). The van der Waals surface area contributed by atoms with Gasteiger partial charge in [-0.2, -0.15) is 4.39 Å². The smallest absolute Gasteiger partial charge is 0.257 e. The van der Waals surface area contributed by atoms with Crippen LogP contribution in [0.25, 0.3) is 0 Å². The van der Waals surface area contributed by atoms with E-state index in [0.29, 0.717) is 5.56 Å². The van der Waals surface area contributed by atoms with Crippen molar-refractivity contribution in [1.82, 2.24) is 15.1 Å². The highest BCUT2D eigenvalue weighted by molar-refractivity contribution is 5.93. The summed E-state index contributed by atoms with van der Waals surface area (Å²) in [6, 6.07) is 4.80. The number of rotatable bonds is 4. The maximum atomic E-state index is 13.9. The lowest BCUT2D eigenvalue weighted by Crippen LogP contribution is -2.24. The first kappa shape index (κ1) is 15.2. The first-order chi connectivity index (χ1) is 9.90. The van der Waals surface area contributed by atoms with Crippen LogP contribution in [0.2, 0.25) is 0 Å². The first-order valence-corrected chi connectivity index (χ1v) is 6.64. The van der Waals surface area contributed by atoms with Gasteiger partial charge in [-0.3, -0.25) is 9.48 Å². The number of benzene rings is 1. The van der Waals surface area contributed by atoms with Crippen molar-refractivity contribution in [1.29, 1.82) is 0 Å². The van der Waals surface area contributed by atoms with Crippen molar-refractivity contribution >= 4 is 5.91 Å². The molecule has 0 unspecified atom stereocenters. The van der Waals surface area contributed by atoms with Gasteiger partial charge in [0.1, 0.15) is 11.4 Å². The maximum Gasteiger partial charge on any atom is 0.257 e. The summed E-state index contributed by atoms with van der Waals surface area (Å²) in [5, 5.41) is 6.00. The highest BCUT2D eigenvalue weighted by Gasteiger charge is 2.17. The van der Waals surface area contributed by atoms with Crippen molar-refractivity contribution in [3.8, 4) is 0 Å². The van der Waals surface area contributed by atoms with Crippen LogP contribution in [0.15, 0.2) is 24.4 Å². The van der Waals surface area contributed by atoms with Gasteiger partial charge in [-0.05, 0) is 17.5 Å². The fourth-order valence-electron chi connectivity index (χ4n) is 2.18. The number of nitrogens with one attached hydrogen (secondary N) is 1. The molecule has 1 amide bonds. The third-order valence-electron chi connectivity index (χ3n) is 3.23. The van der Waals surface area contributed by atoms with Gasteiger partial charge in [0.05, 0.1) is 0 Å². The normalized spacial score (nSPS) is 11.0. The zero-order chi connectivity index (χ0) is 15.6. The zero-order valence-electron chi connectivity index (χ0n) is 12.2. The van der Waals surface area contributed by atoms with E-state index >= 15 is 0 Å². The van der Waals surface area contributed by atoms with E-state index < -0.39 is 11.9 Å². The predicted molar refractivity (Wildman–Crippen MR) is 74.8 cm³/mol. The summed E-state index contributed by atoms with van der Waals surface area (Å²) in [6.07, 6.45) is 1.29. The maximum absolute atomic E-state index is 13.9. The van der Waals surface area contributed by atoms with Gasteiger partial charge >= 0.3 is 0 Å². The topological polar surface area (TPSA) is 46.9 Å². The third kappa shape index (κ3) is 3.26. The van der Waals surface area contributed by atoms with Crippen molar-refractivity contribution in [3.63, 3.8) is 0 Å². The van der Waals surface area contributed by atoms with E-state index in [0.717, 1.165) is 5.56 Å². The summed E-state index contributed by atoms with van der Waals surface area (Å²) in [4.78, 5) is 11.9. The predicted octanol–water partition coefficient (Wildman–Crippen LogP) is 2.75. The van der Waals surface area contributed by atoms with E-state index in [-0.39, 0.29) is 23.8 Å². The van der Waals surface area contributed by atoms with Crippen molar-refractivity contribution in [2.45, 2.75) is 26.3 Å². The molecule has 1 aromatic heterocycles. The molecular formula is C15H17F2N3O. The highest BCUT2D eigenvalue weighted by atomic mass is 19.1. The Balaban J connectivity index is 2.17. The Kier molecular flexibility index (Phi) is 4.35. The van der Waals surface area contributed by atoms with E-state index in [9.17, 15) is 13.6 Å². The Morgan fingerprint density at radius 2 is 2.10 bits per heavy atom. The molecule has 0 aliphatic rings. The van der Waals surface area contributed by atoms with E-state index in [1.54, 1.807) is 6.07 Å². The van der Waals surface area contributed by atoms with E-state index in [1.807, 2.05) is 19.9 Å². The van der Waals surface area contributed by atoms with Crippen molar-refractivity contribution in [3.05, 3.63) is 52.9 Å². The van der Waals surface area contributed by atoms with Crippen LogP contribution >= 0.6 is 0 Å². The number of hydrogen-bond donors (Lipinski definition) is 1. The molecule has 2 aromatic rings. The number of hydrogen-bond acceptors (Lipinski definition) is 2. The lowest BCUT2D eigenvalue weighted by molar-refractivity contribution is 0.0946. The summed E-state index contributed by atoms with van der Waals surface area (Å²) in [5.41, 5.74) is 1.09. The summed E-state index contributed by atoms with van der Waals surface area (Å²) in [6.45, 7) is 3.90. The number of aromatic nitrogens is 2. The minimum absolute atomic E-state index is 0.00730. The molecule has 0 aliphatic heterocycles. The highest BCUT2D eigenvalue weighted by Crippen LogP contribution is 2.22. The van der Waals surface area contributed by atoms with Gasteiger partial charge in [-0.1, -0.05) is 26.0 Å². The third-order valence-corrected chi connectivity index (χ3v) is 3.23. The van der Waals surface area contributed by atoms with Gasteiger partial charge in [-0.25, -0.2) is 4.39 Å². The molecule has 4 nitrogen and oxygen atoms in total. The second kappa shape index (κ2) is 6.03. The minimum Gasteiger partial charge on any atom is -0.348 e. The molecule has 1 N–H and O–H groups in total. The molecule has 0 saturated carbocycles. The van der Waals surface area contributed by atoms with Gasteiger partial charge in [0.15, 0.2) is 0 Å². The molecule has 0 bridgehead atoms. The van der Waals surface area contributed by atoms with Gasteiger partial charge in [0.2, 0.25) is 5.95 Å². The average molecular weight is 293 g/mol. The van der Waals surface area contributed by atoms with Crippen LogP contribution in [-0.4, -0.2) is 15.7 Å². The molecule has 0 saturated heterocycles. The molecule has 0 radical (unpaired) electrons. The Hall–Kier alpha value is -2.24.